The number of piperidine rings is 2. The number of hydrogen-bond donors (Lipinski definition) is 0. The fraction of sp³-hybridized carbons (Fsp3) is 0.385. The van der Waals surface area contributed by atoms with Crippen LogP contribution in [0.1, 0.15) is 46.4 Å². The van der Waals surface area contributed by atoms with E-state index in [4.69, 9.17) is 4.74 Å². The highest BCUT2D eigenvalue weighted by atomic mass is 19.4. The molecule has 3 aromatic rings. The minimum atomic E-state index is -4.45. The number of ether oxygens (including phenoxy) is 1. The lowest BCUT2D eigenvalue weighted by Gasteiger charge is -2.49. The fourth-order valence-corrected chi connectivity index (χ4v) is 5.09. The maximum Gasteiger partial charge on any atom is 0.417 e. The normalized spacial score (nSPS) is 21.7. The van der Waals surface area contributed by atoms with Crippen molar-refractivity contribution in [3.63, 3.8) is 0 Å². The SMILES string of the molecule is Cc1cnc(C(=O)N2CC3CCC2C(Oc2ccc(C(F)(F)F)cn2)C3)c(-c2ncccc2C)c1. The highest BCUT2D eigenvalue weighted by Crippen LogP contribution is 2.39. The second-order valence-corrected chi connectivity index (χ2v) is 9.32. The van der Waals surface area contributed by atoms with Crippen LogP contribution < -0.4 is 4.74 Å². The minimum Gasteiger partial charge on any atom is -0.472 e. The second-order valence-electron chi connectivity index (χ2n) is 9.32. The summed E-state index contributed by atoms with van der Waals surface area (Å²) in [6.45, 7) is 4.47. The van der Waals surface area contributed by atoms with Crippen LogP contribution in [0.15, 0.2) is 48.9 Å². The average Bonchev–Trinajstić information content (AvgIpc) is 2.84. The van der Waals surface area contributed by atoms with Gasteiger partial charge < -0.3 is 9.64 Å². The van der Waals surface area contributed by atoms with Gasteiger partial charge in [0.2, 0.25) is 5.88 Å². The second kappa shape index (κ2) is 8.94. The van der Waals surface area contributed by atoms with Crippen LogP contribution in [-0.2, 0) is 6.18 Å². The molecule has 6 nitrogen and oxygen atoms in total. The lowest BCUT2D eigenvalue weighted by molar-refractivity contribution is -0.137. The topological polar surface area (TPSA) is 68.2 Å². The zero-order valence-electron chi connectivity index (χ0n) is 19.4. The zero-order chi connectivity index (χ0) is 24.7. The number of aryl methyl sites for hydroxylation is 2. The Bertz CT molecular complexity index is 1250. The van der Waals surface area contributed by atoms with Crippen molar-refractivity contribution in [3.05, 3.63) is 71.3 Å². The summed E-state index contributed by atoms with van der Waals surface area (Å²) in [6, 6.07) is 7.72. The van der Waals surface area contributed by atoms with Crippen molar-refractivity contribution in [1.82, 2.24) is 19.9 Å². The van der Waals surface area contributed by atoms with Gasteiger partial charge >= 0.3 is 6.18 Å². The molecule has 2 bridgehead atoms. The Balaban J connectivity index is 1.41. The van der Waals surface area contributed by atoms with Crippen molar-refractivity contribution in [2.24, 2.45) is 5.92 Å². The molecule has 3 unspecified atom stereocenters. The third-order valence-corrected chi connectivity index (χ3v) is 6.81. The van der Waals surface area contributed by atoms with E-state index < -0.39 is 11.7 Å². The first-order chi connectivity index (χ1) is 16.7. The number of carbonyl (C=O) groups excluding carboxylic acids is 1. The van der Waals surface area contributed by atoms with Gasteiger partial charge in [0.15, 0.2) is 0 Å². The Morgan fingerprint density at radius 2 is 1.91 bits per heavy atom. The molecule has 9 heteroatoms. The van der Waals surface area contributed by atoms with Crippen LogP contribution in [0.3, 0.4) is 0 Å². The molecule has 1 aliphatic carbocycles. The van der Waals surface area contributed by atoms with Crippen LogP contribution in [0.5, 0.6) is 5.88 Å². The molecular weight excluding hydrogens is 457 g/mol. The van der Waals surface area contributed by atoms with E-state index in [-0.39, 0.29) is 29.9 Å². The molecular formula is C26H25F3N4O2. The molecule has 5 heterocycles. The quantitative estimate of drug-likeness (QED) is 0.508. The predicted octanol–water partition coefficient (Wildman–Crippen LogP) is 5.25. The van der Waals surface area contributed by atoms with Crippen LogP contribution in [0, 0.1) is 19.8 Å². The lowest BCUT2D eigenvalue weighted by Crippen LogP contribution is -2.59. The van der Waals surface area contributed by atoms with E-state index in [1.54, 1.807) is 12.4 Å². The van der Waals surface area contributed by atoms with Crippen LogP contribution in [0.2, 0.25) is 0 Å². The predicted molar refractivity (Wildman–Crippen MR) is 123 cm³/mol. The third-order valence-electron chi connectivity index (χ3n) is 6.81. The molecule has 3 fully saturated rings. The zero-order valence-corrected chi connectivity index (χ0v) is 19.4. The van der Waals surface area contributed by atoms with E-state index in [2.05, 4.69) is 15.0 Å². The number of fused-ring (bicyclic) bond motifs is 3. The molecule has 3 aromatic heterocycles. The summed E-state index contributed by atoms with van der Waals surface area (Å²) < 4.78 is 44.6. The van der Waals surface area contributed by atoms with Gasteiger partial charge in [0, 0.05) is 36.8 Å². The number of nitrogens with zero attached hydrogens (tertiary/aromatic N) is 4. The van der Waals surface area contributed by atoms with Crippen molar-refractivity contribution in [1.29, 1.82) is 0 Å². The minimum absolute atomic E-state index is 0.126. The van der Waals surface area contributed by atoms with Gasteiger partial charge in [0.05, 0.1) is 17.3 Å². The van der Waals surface area contributed by atoms with Gasteiger partial charge in [-0.1, -0.05) is 6.07 Å². The lowest BCUT2D eigenvalue weighted by atomic mass is 9.77. The van der Waals surface area contributed by atoms with E-state index >= 15 is 0 Å². The standard InChI is InChI=1S/C26H25F3N4O2/c1-15-10-19(23-16(2)4-3-9-30-23)24(32-12-15)25(34)33-14-17-5-7-20(33)21(11-17)35-22-8-6-18(13-31-22)26(27,28)29/h3-4,6,8-10,12-13,17,20-21H,5,7,11,14H2,1-2H3. The highest BCUT2D eigenvalue weighted by Gasteiger charge is 2.45. The summed E-state index contributed by atoms with van der Waals surface area (Å²) in [4.78, 5) is 28.5. The highest BCUT2D eigenvalue weighted by molar-refractivity contribution is 5.99. The number of rotatable bonds is 4. The van der Waals surface area contributed by atoms with Crippen LogP contribution in [0.25, 0.3) is 11.3 Å². The number of carbonyl (C=O) groups is 1. The van der Waals surface area contributed by atoms with Gasteiger partial charge in [-0.3, -0.25) is 14.8 Å². The Kier molecular flexibility index (Phi) is 5.94. The van der Waals surface area contributed by atoms with Gasteiger partial charge in [0.1, 0.15) is 11.8 Å². The summed E-state index contributed by atoms with van der Waals surface area (Å²) in [5.74, 6) is 0.184. The molecule has 3 atom stereocenters. The van der Waals surface area contributed by atoms with Gasteiger partial charge in [0.25, 0.3) is 5.91 Å². The van der Waals surface area contributed by atoms with Crippen LogP contribution >= 0.6 is 0 Å². The first-order valence-corrected chi connectivity index (χ1v) is 11.6. The number of amides is 1. The largest absolute Gasteiger partial charge is 0.472 e. The molecule has 0 N–H and O–H groups in total. The van der Waals surface area contributed by atoms with Crippen molar-refractivity contribution >= 4 is 5.91 Å². The van der Waals surface area contributed by atoms with Crippen molar-refractivity contribution in [2.45, 2.75) is 51.4 Å². The van der Waals surface area contributed by atoms with Crippen LogP contribution in [0.4, 0.5) is 13.2 Å². The molecule has 2 saturated heterocycles. The van der Waals surface area contributed by atoms with E-state index in [0.717, 1.165) is 48.3 Å². The Morgan fingerprint density at radius 1 is 1.09 bits per heavy atom. The number of alkyl halides is 3. The molecule has 0 radical (unpaired) electrons. The Morgan fingerprint density at radius 3 is 2.60 bits per heavy atom. The summed E-state index contributed by atoms with van der Waals surface area (Å²) in [5, 5.41) is 0. The summed E-state index contributed by atoms with van der Waals surface area (Å²) in [5.41, 5.74) is 2.80. The van der Waals surface area contributed by atoms with Crippen LogP contribution in [-0.4, -0.2) is 44.4 Å². The molecule has 35 heavy (non-hydrogen) atoms. The first kappa shape index (κ1) is 23.3. The average molecular weight is 483 g/mol. The maximum absolute atomic E-state index is 13.8. The molecule has 3 aliphatic rings. The molecule has 1 saturated carbocycles. The molecule has 2 aliphatic heterocycles. The van der Waals surface area contributed by atoms with E-state index in [9.17, 15) is 18.0 Å². The van der Waals surface area contributed by atoms with E-state index in [1.807, 2.05) is 36.9 Å². The molecule has 182 valence electrons. The molecule has 0 spiro atoms. The number of aromatic nitrogens is 3. The Labute approximate surface area is 201 Å². The maximum atomic E-state index is 13.8. The summed E-state index contributed by atoms with van der Waals surface area (Å²) in [6.07, 6.45) is 1.81. The van der Waals surface area contributed by atoms with E-state index in [1.165, 1.54) is 6.07 Å². The van der Waals surface area contributed by atoms with Gasteiger partial charge in [-0.15, -0.1) is 0 Å². The number of pyridine rings is 3. The number of halogens is 3. The monoisotopic (exact) mass is 482 g/mol. The van der Waals surface area contributed by atoms with E-state index in [0.29, 0.717) is 17.8 Å². The summed E-state index contributed by atoms with van der Waals surface area (Å²) >= 11 is 0. The van der Waals surface area contributed by atoms with Gasteiger partial charge in [-0.05, 0) is 68.4 Å². The van der Waals surface area contributed by atoms with Crippen molar-refractivity contribution in [3.8, 4) is 17.1 Å². The Hall–Kier alpha value is -3.49. The fourth-order valence-electron chi connectivity index (χ4n) is 5.09. The third kappa shape index (κ3) is 4.59. The molecule has 0 aromatic carbocycles. The van der Waals surface area contributed by atoms with Crippen molar-refractivity contribution in [2.75, 3.05) is 6.54 Å². The molecule has 1 amide bonds. The number of hydrogen-bond acceptors (Lipinski definition) is 5. The smallest absolute Gasteiger partial charge is 0.417 e. The molecule has 6 rings (SSSR count). The summed E-state index contributed by atoms with van der Waals surface area (Å²) in [7, 11) is 0. The van der Waals surface area contributed by atoms with Crippen molar-refractivity contribution < 1.29 is 22.7 Å². The first-order valence-electron chi connectivity index (χ1n) is 11.6. The van der Waals surface area contributed by atoms with Gasteiger partial charge in [-0.2, -0.15) is 13.2 Å². The van der Waals surface area contributed by atoms with Gasteiger partial charge in [-0.25, -0.2) is 4.98 Å².